The lowest BCUT2D eigenvalue weighted by molar-refractivity contribution is -0.119. The van der Waals surface area contributed by atoms with Gasteiger partial charge < -0.3 is 9.84 Å². The van der Waals surface area contributed by atoms with Crippen molar-refractivity contribution in [2.75, 3.05) is 5.75 Å². The fourth-order valence-corrected chi connectivity index (χ4v) is 3.95. The van der Waals surface area contributed by atoms with Gasteiger partial charge in [0.2, 0.25) is 11.8 Å². The number of aryl methyl sites for hydroxylation is 1. The molecule has 0 radical (unpaired) electrons. The molecule has 0 spiro atoms. The van der Waals surface area contributed by atoms with E-state index >= 15 is 0 Å². The Bertz CT molecular complexity index is 636. The van der Waals surface area contributed by atoms with Crippen molar-refractivity contribution in [2.24, 2.45) is 0 Å². The van der Waals surface area contributed by atoms with Crippen LogP contribution in [0.15, 0.2) is 4.52 Å². The van der Waals surface area contributed by atoms with Gasteiger partial charge in [0.15, 0.2) is 15.7 Å². The zero-order valence-corrected chi connectivity index (χ0v) is 15.3. The van der Waals surface area contributed by atoms with Crippen molar-refractivity contribution in [3.05, 3.63) is 11.7 Å². The molecule has 1 atom stereocenters. The monoisotopic (exact) mass is 357 g/mol. The highest BCUT2D eigenvalue weighted by molar-refractivity contribution is 7.92. The van der Waals surface area contributed by atoms with E-state index in [9.17, 15) is 13.2 Å². The van der Waals surface area contributed by atoms with Gasteiger partial charge in [0.05, 0.1) is 0 Å². The van der Waals surface area contributed by atoms with Gasteiger partial charge in [0.1, 0.15) is 11.0 Å². The second kappa shape index (κ2) is 8.60. The van der Waals surface area contributed by atoms with Crippen LogP contribution in [-0.4, -0.2) is 36.3 Å². The molecule has 136 valence electrons. The molecular formula is C16H27N3O4S. The van der Waals surface area contributed by atoms with Crippen molar-refractivity contribution < 1.29 is 17.7 Å². The molecule has 7 nitrogen and oxygen atoms in total. The fraction of sp³-hybridized carbons (Fsp3) is 0.812. The molecule has 1 aliphatic carbocycles. The van der Waals surface area contributed by atoms with Gasteiger partial charge in [-0.1, -0.05) is 37.8 Å². The van der Waals surface area contributed by atoms with E-state index in [0.717, 1.165) is 38.5 Å². The smallest absolute Gasteiger partial charge is 0.244 e. The Kier molecular flexibility index (Phi) is 6.77. The first-order valence-corrected chi connectivity index (χ1v) is 10.5. The fourth-order valence-electron chi connectivity index (χ4n) is 2.85. The normalized spacial score (nSPS) is 17.6. The number of amides is 1. The van der Waals surface area contributed by atoms with E-state index in [4.69, 9.17) is 4.52 Å². The van der Waals surface area contributed by atoms with Crippen molar-refractivity contribution in [1.82, 2.24) is 15.5 Å². The molecule has 1 amide bonds. The molecule has 1 aliphatic rings. The average molecular weight is 357 g/mol. The second-order valence-electron chi connectivity index (χ2n) is 6.50. The summed E-state index contributed by atoms with van der Waals surface area (Å²) in [5, 5.41) is 5.67. The highest BCUT2D eigenvalue weighted by Crippen LogP contribution is 2.22. The number of nitrogens with one attached hydrogen (secondary N) is 1. The Labute approximate surface area is 143 Å². The maximum absolute atomic E-state index is 12.4. The lowest BCUT2D eigenvalue weighted by Gasteiger charge is -2.22. The van der Waals surface area contributed by atoms with E-state index in [-0.39, 0.29) is 11.9 Å². The van der Waals surface area contributed by atoms with Gasteiger partial charge in [-0.25, -0.2) is 8.42 Å². The number of sulfone groups is 1. The number of hydrogen-bond acceptors (Lipinski definition) is 6. The molecule has 24 heavy (non-hydrogen) atoms. The molecule has 1 fully saturated rings. The summed E-state index contributed by atoms with van der Waals surface area (Å²) in [4.78, 5) is 16.2. The number of carbonyl (C=O) groups excluding carboxylic acids is 1. The van der Waals surface area contributed by atoms with Gasteiger partial charge in [-0.15, -0.1) is 0 Å². The van der Waals surface area contributed by atoms with Crippen molar-refractivity contribution in [3.8, 4) is 0 Å². The number of nitrogens with zero attached hydrogens (tertiary/aromatic N) is 2. The Morgan fingerprint density at radius 1 is 1.33 bits per heavy atom. The predicted octanol–water partition coefficient (Wildman–Crippen LogP) is 2.34. The lowest BCUT2D eigenvalue weighted by atomic mass is 9.95. The van der Waals surface area contributed by atoms with Crippen LogP contribution in [-0.2, 0) is 21.1 Å². The van der Waals surface area contributed by atoms with E-state index in [2.05, 4.69) is 22.4 Å². The highest BCUT2D eigenvalue weighted by atomic mass is 32.2. The largest absolute Gasteiger partial charge is 0.352 e. The van der Waals surface area contributed by atoms with Crippen LogP contribution in [0.3, 0.4) is 0 Å². The maximum atomic E-state index is 12.4. The third-order valence-electron chi connectivity index (χ3n) is 4.43. The first kappa shape index (κ1) is 18.9. The Hall–Kier alpha value is -1.44. The van der Waals surface area contributed by atoms with E-state index in [0.29, 0.717) is 12.2 Å². The minimum Gasteiger partial charge on any atom is -0.352 e. The molecular weight excluding hydrogens is 330 g/mol. The molecule has 1 aromatic rings. The van der Waals surface area contributed by atoms with Crippen molar-refractivity contribution in [2.45, 2.75) is 76.5 Å². The molecule has 1 N–H and O–H groups in total. The highest BCUT2D eigenvalue weighted by Gasteiger charge is 2.31. The molecule has 1 saturated carbocycles. The molecule has 1 heterocycles. The summed E-state index contributed by atoms with van der Waals surface area (Å²) in [6.07, 6.45) is 7.77. The number of rotatable bonds is 8. The topological polar surface area (TPSA) is 102 Å². The van der Waals surface area contributed by atoms with Crippen LogP contribution in [0.25, 0.3) is 0 Å². The summed E-state index contributed by atoms with van der Waals surface area (Å²) < 4.78 is 29.9. The van der Waals surface area contributed by atoms with Crippen LogP contribution in [0.4, 0.5) is 0 Å². The maximum Gasteiger partial charge on any atom is 0.244 e. The number of aromatic nitrogens is 2. The summed E-state index contributed by atoms with van der Waals surface area (Å²) in [6, 6.07) is 0.0980. The summed E-state index contributed by atoms with van der Waals surface area (Å²) in [5.41, 5.74) is 0. The van der Waals surface area contributed by atoms with Crippen molar-refractivity contribution in [3.63, 3.8) is 0 Å². The minimum atomic E-state index is -3.68. The molecule has 8 heteroatoms. The summed E-state index contributed by atoms with van der Waals surface area (Å²) >= 11 is 0. The van der Waals surface area contributed by atoms with Gasteiger partial charge in [0.25, 0.3) is 0 Å². The SMILES string of the molecule is CCCCc1noc(C(C)S(=O)(=O)CC(=O)NC2CCCCC2)n1. The third-order valence-corrected chi connectivity index (χ3v) is 6.37. The standard InChI is InChI=1S/C16H27N3O4S/c1-3-4-10-14-18-16(23-19-14)12(2)24(21,22)11-15(20)17-13-8-6-5-7-9-13/h12-13H,3-11H2,1-2H3,(H,17,20). The molecule has 0 aliphatic heterocycles. The van der Waals surface area contributed by atoms with Gasteiger partial charge in [0, 0.05) is 12.5 Å². The van der Waals surface area contributed by atoms with E-state index in [1.54, 1.807) is 0 Å². The van der Waals surface area contributed by atoms with E-state index < -0.39 is 26.7 Å². The Morgan fingerprint density at radius 3 is 2.71 bits per heavy atom. The average Bonchev–Trinajstić information content (AvgIpc) is 3.01. The van der Waals surface area contributed by atoms with Crippen LogP contribution in [0.1, 0.15) is 75.8 Å². The van der Waals surface area contributed by atoms with Crippen LogP contribution >= 0.6 is 0 Å². The van der Waals surface area contributed by atoms with Crippen LogP contribution in [0.2, 0.25) is 0 Å². The van der Waals surface area contributed by atoms with Crippen molar-refractivity contribution >= 4 is 15.7 Å². The molecule has 2 rings (SSSR count). The zero-order chi connectivity index (χ0) is 17.6. The second-order valence-corrected chi connectivity index (χ2v) is 8.83. The third kappa shape index (κ3) is 5.29. The first-order valence-electron chi connectivity index (χ1n) is 8.75. The van der Waals surface area contributed by atoms with Crippen LogP contribution < -0.4 is 5.32 Å². The number of hydrogen-bond donors (Lipinski definition) is 1. The van der Waals surface area contributed by atoms with Crippen LogP contribution in [0, 0.1) is 0 Å². The number of unbranched alkanes of at least 4 members (excludes halogenated alkanes) is 1. The summed E-state index contributed by atoms with van der Waals surface area (Å²) in [7, 11) is -3.68. The molecule has 1 aromatic heterocycles. The molecule has 0 aromatic carbocycles. The van der Waals surface area contributed by atoms with E-state index in [1.165, 1.54) is 13.3 Å². The van der Waals surface area contributed by atoms with E-state index in [1.807, 2.05) is 0 Å². The molecule has 1 unspecified atom stereocenters. The summed E-state index contributed by atoms with van der Waals surface area (Å²) in [5.74, 6) is -0.413. The quantitative estimate of drug-likeness (QED) is 0.766. The molecule has 0 saturated heterocycles. The Morgan fingerprint density at radius 2 is 2.04 bits per heavy atom. The first-order chi connectivity index (χ1) is 11.4. The number of carbonyl (C=O) groups is 1. The summed E-state index contributed by atoms with van der Waals surface area (Å²) in [6.45, 7) is 3.54. The van der Waals surface area contributed by atoms with Crippen LogP contribution in [0.5, 0.6) is 0 Å². The lowest BCUT2D eigenvalue weighted by Crippen LogP contribution is -2.40. The zero-order valence-electron chi connectivity index (χ0n) is 14.5. The predicted molar refractivity (Wildman–Crippen MR) is 90.1 cm³/mol. The Balaban J connectivity index is 1.92. The van der Waals surface area contributed by atoms with Crippen molar-refractivity contribution in [1.29, 1.82) is 0 Å². The van der Waals surface area contributed by atoms with Gasteiger partial charge in [-0.2, -0.15) is 4.98 Å². The van der Waals surface area contributed by atoms with Gasteiger partial charge >= 0.3 is 0 Å². The minimum absolute atomic E-state index is 0.0616. The van der Waals surface area contributed by atoms with Gasteiger partial charge in [-0.05, 0) is 26.2 Å². The van der Waals surface area contributed by atoms with Gasteiger partial charge in [-0.3, -0.25) is 4.79 Å². The molecule has 0 bridgehead atoms.